The molecule has 1 atom stereocenters. The lowest BCUT2D eigenvalue weighted by atomic mass is 9.98. The number of para-hydroxylation sites is 1. The number of hydrogen-bond acceptors (Lipinski definition) is 4. The molecule has 1 unspecified atom stereocenters. The molecule has 1 aliphatic rings. The molecule has 0 saturated carbocycles. The van der Waals surface area contributed by atoms with Gasteiger partial charge in [0.05, 0.1) is 17.3 Å². The van der Waals surface area contributed by atoms with Gasteiger partial charge in [0, 0.05) is 35.5 Å². The van der Waals surface area contributed by atoms with Crippen molar-refractivity contribution in [3.63, 3.8) is 0 Å². The van der Waals surface area contributed by atoms with Crippen LogP contribution in [0, 0.1) is 5.82 Å². The third-order valence-electron chi connectivity index (χ3n) is 4.93. The molecule has 158 valence electrons. The molecule has 2 heterocycles. The van der Waals surface area contributed by atoms with E-state index in [0.29, 0.717) is 29.0 Å². The van der Waals surface area contributed by atoms with Crippen molar-refractivity contribution < 1.29 is 27.5 Å². The molecule has 31 heavy (non-hydrogen) atoms. The minimum Gasteiger partial charge on any atom is -0.508 e. The highest BCUT2D eigenvalue weighted by atomic mass is 19.4. The Kier molecular flexibility index (Phi) is 5.18. The third kappa shape index (κ3) is 3.98. The average Bonchev–Trinajstić information content (AvgIpc) is 3.19. The number of phenolic OH excluding ortho intramolecular Hbond substituents is 1. The Morgan fingerprint density at radius 3 is 2.55 bits per heavy atom. The number of hydrogen-bond donors (Lipinski definition) is 1. The van der Waals surface area contributed by atoms with Crippen LogP contribution in [-0.4, -0.2) is 26.7 Å². The Hall–Kier alpha value is -3.75. The summed E-state index contributed by atoms with van der Waals surface area (Å²) in [5.74, 6) is -2.40. The van der Waals surface area contributed by atoms with Crippen LogP contribution in [-0.2, 0) is 6.18 Å². The van der Waals surface area contributed by atoms with E-state index in [2.05, 4.69) is 10.1 Å². The quantitative estimate of drug-likeness (QED) is 0.600. The summed E-state index contributed by atoms with van der Waals surface area (Å²) in [7, 11) is 0. The van der Waals surface area contributed by atoms with Gasteiger partial charge in [-0.2, -0.15) is 18.3 Å². The maximum atomic E-state index is 13.7. The highest BCUT2D eigenvalue weighted by Crippen LogP contribution is 2.38. The van der Waals surface area contributed by atoms with E-state index in [1.165, 1.54) is 6.07 Å². The molecule has 0 radical (unpaired) electrons. The summed E-state index contributed by atoms with van der Waals surface area (Å²) < 4.78 is 53.0. The lowest BCUT2D eigenvalue weighted by molar-refractivity contribution is -0.140. The number of halogens is 4. The second kappa shape index (κ2) is 7.82. The highest BCUT2D eigenvalue weighted by molar-refractivity contribution is 6.05. The Bertz CT molecular complexity index is 1160. The van der Waals surface area contributed by atoms with Gasteiger partial charge in [-0.15, -0.1) is 0 Å². The summed E-state index contributed by atoms with van der Waals surface area (Å²) in [5.41, 5.74) is -0.406. The van der Waals surface area contributed by atoms with Gasteiger partial charge in [0.25, 0.3) is 5.91 Å². The minimum absolute atomic E-state index is 0.0805. The van der Waals surface area contributed by atoms with Crippen molar-refractivity contribution in [1.29, 1.82) is 0 Å². The molecule has 9 heteroatoms. The van der Waals surface area contributed by atoms with Crippen LogP contribution in [0.1, 0.15) is 39.5 Å². The molecule has 1 amide bonds. The molecule has 2 aromatic carbocycles. The second-order valence-electron chi connectivity index (χ2n) is 6.91. The predicted molar refractivity (Wildman–Crippen MR) is 104 cm³/mol. The van der Waals surface area contributed by atoms with Crippen molar-refractivity contribution >= 4 is 11.6 Å². The normalized spacial score (nSPS) is 16.3. The maximum absolute atomic E-state index is 13.7. The zero-order valence-corrected chi connectivity index (χ0v) is 15.8. The van der Waals surface area contributed by atoms with Crippen molar-refractivity contribution in [2.24, 2.45) is 5.10 Å². The standard InChI is InChI=1S/C22H15F4N3O2/c23-17-8-7-13(10-16(17)22(24,25)26)21(31)29-19(15-5-1-2-6-20(15)30)11-18(28-29)14-4-3-9-27-12-14/h1-10,12,19,30H,11H2. The third-order valence-corrected chi connectivity index (χ3v) is 4.93. The molecule has 0 saturated heterocycles. The first kappa shape index (κ1) is 20.5. The number of alkyl halides is 3. The molecule has 0 spiro atoms. The topological polar surface area (TPSA) is 65.8 Å². The predicted octanol–water partition coefficient (Wildman–Crippen LogP) is 4.94. The van der Waals surface area contributed by atoms with E-state index in [-0.39, 0.29) is 17.7 Å². The second-order valence-corrected chi connectivity index (χ2v) is 6.91. The van der Waals surface area contributed by atoms with Gasteiger partial charge in [-0.1, -0.05) is 24.3 Å². The van der Waals surface area contributed by atoms with Gasteiger partial charge in [0.1, 0.15) is 11.6 Å². The highest BCUT2D eigenvalue weighted by Gasteiger charge is 2.38. The molecule has 0 aliphatic carbocycles. The van der Waals surface area contributed by atoms with Gasteiger partial charge in [-0.3, -0.25) is 9.78 Å². The summed E-state index contributed by atoms with van der Waals surface area (Å²) in [5, 5.41) is 15.6. The van der Waals surface area contributed by atoms with Crippen molar-refractivity contribution in [2.75, 3.05) is 0 Å². The van der Waals surface area contributed by atoms with Crippen molar-refractivity contribution in [1.82, 2.24) is 9.99 Å². The summed E-state index contributed by atoms with van der Waals surface area (Å²) in [4.78, 5) is 17.2. The van der Waals surface area contributed by atoms with Crippen LogP contribution in [0.5, 0.6) is 5.75 Å². The first-order valence-corrected chi connectivity index (χ1v) is 9.22. The maximum Gasteiger partial charge on any atom is 0.419 e. The van der Waals surface area contributed by atoms with Crippen LogP contribution in [0.25, 0.3) is 0 Å². The Morgan fingerprint density at radius 2 is 1.87 bits per heavy atom. The smallest absolute Gasteiger partial charge is 0.419 e. The number of carbonyl (C=O) groups excluding carboxylic acids is 1. The molecular formula is C22H15F4N3O2. The number of carbonyl (C=O) groups is 1. The summed E-state index contributed by atoms with van der Waals surface area (Å²) in [6.07, 6.45) is -1.62. The minimum atomic E-state index is -4.95. The fourth-order valence-electron chi connectivity index (χ4n) is 3.42. The van der Waals surface area contributed by atoms with Crippen molar-refractivity contribution in [3.8, 4) is 5.75 Å². The van der Waals surface area contributed by atoms with Crippen LogP contribution in [0.3, 0.4) is 0 Å². The van der Waals surface area contributed by atoms with E-state index in [0.717, 1.165) is 11.1 Å². The number of amides is 1. The Balaban J connectivity index is 1.78. The fraction of sp³-hybridized carbons (Fsp3) is 0.136. The molecule has 5 nitrogen and oxygen atoms in total. The number of aromatic nitrogens is 1. The molecular weight excluding hydrogens is 414 g/mol. The number of hydrazone groups is 1. The number of aromatic hydroxyl groups is 1. The Morgan fingerprint density at radius 1 is 1.10 bits per heavy atom. The van der Waals surface area contributed by atoms with E-state index >= 15 is 0 Å². The van der Waals surface area contributed by atoms with Gasteiger partial charge < -0.3 is 5.11 Å². The molecule has 1 aromatic heterocycles. The number of phenols is 1. The van der Waals surface area contributed by atoms with Crippen LogP contribution in [0.2, 0.25) is 0 Å². The molecule has 4 rings (SSSR count). The van der Waals surface area contributed by atoms with Crippen molar-refractivity contribution in [3.05, 3.63) is 95.1 Å². The van der Waals surface area contributed by atoms with Crippen LogP contribution in [0.15, 0.2) is 72.1 Å². The van der Waals surface area contributed by atoms with Gasteiger partial charge >= 0.3 is 6.18 Å². The van der Waals surface area contributed by atoms with E-state index in [4.69, 9.17) is 0 Å². The van der Waals surface area contributed by atoms with Gasteiger partial charge in [-0.05, 0) is 30.3 Å². The first-order valence-electron chi connectivity index (χ1n) is 9.22. The van der Waals surface area contributed by atoms with Crippen LogP contribution in [0.4, 0.5) is 17.6 Å². The largest absolute Gasteiger partial charge is 0.508 e. The zero-order chi connectivity index (χ0) is 22.2. The van der Waals surface area contributed by atoms with Crippen LogP contribution < -0.4 is 0 Å². The monoisotopic (exact) mass is 429 g/mol. The molecule has 1 N–H and O–H groups in total. The van der Waals surface area contributed by atoms with Gasteiger partial charge in [-0.25, -0.2) is 9.40 Å². The van der Waals surface area contributed by atoms with Crippen LogP contribution >= 0.6 is 0 Å². The molecule has 0 fully saturated rings. The fourth-order valence-corrected chi connectivity index (χ4v) is 3.42. The summed E-state index contributed by atoms with van der Waals surface area (Å²) in [6.45, 7) is 0. The average molecular weight is 429 g/mol. The Labute approximate surface area is 174 Å². The number of rotatable bonds is 3. The van der Waals surface area contributed by atoms with Crippen molar-refractivity contribution in [2.45, 2.75) is 18.6 Å². The van der Waals surface area contributed by atoms with Gasteiger partial charge in [0.2, 0.25) is 0 Å². The van der Waals surface area contributed by atoms with E-state index < -0.39 is 29.5 Å². The van der Waals surface area contributed by atoms with E-state index in [9.17, 15) is 27.5 Å². The lowest BCUT2D eigenvalue weighted by Crippen LogP contribution is -2.27. The summed E-state index contributed by atoms with van der Waals surface area (Å²) >= 11 is 0. The summed E-state index contributed by atoms with van der Waals surface area (Å²) in [6, 6.07) is 11.0. The first-order chi connectivity index (χ1) is 14.8. The zero-order valence-electron chi connectivity index (χ0n) is 15.8. The molecule has 1 aliphatic heterocycles. The molecule has 3 aromatic rings. The van der Waals surface area contributed by atoms with E-state index in [1.807, 2.05) is 0 Å². The number of nitrogens with zero attached hydrogens (tertiary/aromatic N) is 3. The number of pyridine rings is 1. The SMILES string of the molecule is O=C(c1ccc(F)c(C(F)(F)F)c1)N1N=C(c2cccnc2)CC1c1ccccc1O. The van der Waals surface area contributed by atoms with E-state index in [1.54, 1.807) is 42.7 Å². The lowest BCUT2D eigenvalue weighted by Gasteiger charge is -2.23. The number of benzene rings is 2. The van der Waals surface area contributed by atoms with Gasteiger partial charge in [0.15, 0.2) is 0 Å². The molecule has 0 bridgehead atoms.